The van der Waals surface area contributed by atoms with E-state index in [0.29, 0.717) is 43.4 Å². The highest BCUT2D eigenvalue weighted by Gasteiger charge is 2.33. The van der Waals surface area contributed by atoms with Gasteiger partial charge in [-0.2, -0.15) is 0 Å². The molecule has 0 radical (unpaired) electrons. The van der Waals surface area contributed by atoms with Gasteiger partial charge >= 0.3 is 11.9 Å². The van der Waals surface area contributed by atoms with Crippen molar-refractivity contribution in [1.29, 1.82) is 0 Å². The predicted molar refractivity (Wildman–Crippen MR) is 149 cm³/mol. The van der Waals surface area contributed by atoms with Crippen LogP contribution in [0, 0.1) is 0 Å². The molecule has 1 unspecified atom stereocenters. The number of thiazole rings is 1. The van der Waals surface area contributed by atoms with Gasteiger partial charge in [-0.1, -0.05) is 35.6 Å². The van der Waals surface area contributed by atoms with Crippen LogP contribution in [0.3, 0.4) is 0 Å². The van der Waals surface area contributed by atoms with Crippen molar-refractivity contribution in [3.05, 3.63) is 109 Å². The Morgan fingerprint density at radius 2 is 1.75 bits per heavy atom. The van der Waals surface area contributed by atoms with Crippen LogP contribution in [0.2, 0.25) is 0 Å². The van der Waals surface area contributed by atoms with Crippen molar-refractivity contribution in [3.63, 3.8) is 0 Å². The number of ether oxygens (including phenoxy) is 3. The molecule has 3 heterocycles. The van der Waals surface area contributed by atoms with E-state index in [1.165, 1.54) is 23.0 Å². The van der Waals surface area contributed by atoms with Gasteiger partial charge in [-0.05, 0) is 55.8 Å². The maximum absolute atomic E-state index is 13.8. The number of nitrogens with zero attached hydrogens (tertiary/aromatic N) is 2. The van der Waals surface area contributed by atoms with Crippen LogP contribution in [0.1, 0.15) is 41.6 Å². The molecule has 10 heteroatoms. The highest BCUT2D eigenvalue weighted by molar-refractivity contribution is 7.07. The monoisotopic (exact) mass is 558 g/mol. The molecular formula is C30H26N2O7S. The number of hydrogen-bond donors (Lipinski definition) is 0. The molecule has 2 aromatic carbocycles. The first-order chi connectivity index (χ1) is 19.3. The van der Waals surface area contributed by atoms with Gasteiger partial charge < -0.3 is 18.6 Å². The molecule has 40 heavy (non-hydrogen) atoms. The molecule has 0 spiro atoms. The number of hydrogen-bond acceptors (Lipinski definition) is 9. The highest BCUT2D eigenvalue weighted by atomic mass is 32.1. The first-order valence-corrected chi connectivity index (χ1v) is 13.3. The Morgan fingerprint density at radius 3 is 2.40 bits per heavy atom. The van der Waals surface area contributed by atoms with Crippen LogP contribution in [0.5, 0.6) is 5.75 Å². The lowest BCUT2D eigenvalue weighted by Gasteiger charge is -2.24. The minimum absolute atomic E-state index is 0.196. The zero-order valence-corrected chi connectivity index (χ0v) is 23.1. The smallest absolute Gasteiger partial charge is 0.338 e. The van der Waals surface area contributed by atoms with Crippen LogP contribution in [0.4, 0.5) is 0 Å². The summed E-state index contributed by atoms with van der Waals surface area (Å²) >= 11 is 1.21. The number of carbonyl (C=O) groups is 2. The molecule has 9 nitrogen and oxygen atoms in total. The van der Waals surface area contributed by atoms with Crippen molar-refractivity contribution in [2.75, 3.05) is 20.8 Å². The lowest BCUT2D eigenvalue weighted by atomic mass is 9.96. The van der Waals surface area contributed by atoms with Crippen LogP contribution >= 0.6 is 11.3 Å². The van der Waals surface area contributed by atoms with Crippen molar-refractivity contribution in [3.8, 4) is 17.1 Å². The molecule has 204 valence electrons. The number of fused-ring (bicyclic) bond motifs is 1. The van der Waals surface area contributed by atoms with Crippen LogP contribution in [-0.2, 0) is 14.3 Å². The van der Waals surface area contributed by atoms with Crippen LogP contribution in [0.15, 0.2) is 86.1 Å². The molecule has 0 N–H and O–H groups in total. The first-order valence-electron chi connectivity index (χ1n) is 12.5. The van der Waals surface area contributed by atoms with Gasteiger partial charge in [-0.15, -0.1) is 0 Å². The Bertz CT molecular complexity index is 1790. The van der Waals surface area contributed by atoms with Gasteiger partial charge in [0.25, 0.3) is 5.56 Å². The summed E-state index contributed by atoms with van der Waals surface area (Å²) in [5.41, 5.74) is 2.41. The SMILES string of the molecule is CCOC(=O)C1=C(C)N=c2sc(=Cc3ccc(-c4ccc(C(=O)OC)cc4)o3)c(=O)n2C1c1ccc(OC)cc1. The Hall–Kier alpha value is -4.70. The van der Waals surface area contributed by atoms with Gasteiger partial charge in [0.2, 0.25) is 0 Å². The molecule has 0 amide bonds. The molecule has 4 aromatic rings. The Morgan fingerprint density at radius 1 is 1.02 bits per heavy atom. The zero-order valence-electron chi connectivity index (χ0n) is 22.3. The van der Waals surface area contributed by atoms with Gasteiger partial charge in [0.1, 0.15) is 17.3 Å². The van der Waals surface area contributed by atoms with Crippen LogP contribution in [0.25, 0.3) is 17.4 Å². The van der Waals surface area contributed by atoms with E-state index >= 15 is 0 Å². The topological polar surface area (TPSA) is 109 Å². The summed E-state index contributed by atoms with van der Waals surface area (Å²) in [6.45, 7) is 3.67. The van der Waals surface area contributed by atoms with Gasteiger partial charge in [-0.25, -0.2) is 14.6 Å². The lowest BCUT2D eigenvalue weighted by Crippen LogP contribution is -2.39. The van der Waals surface area contributed by atoms with Crippen LogP contribution < -0.4 is 19.6 Å². The largest absolute Gasteiger partial charge is 0.497 e. The number of benzene rings is 2. The van der Waals surface area contributed by atoms with E-state index in [1.54, 1.807) is 75.6 Å². The molecule has 1 aliphatic heterocycles. The molecular weight excluding hydrogens is 532 g/mol. The van der Waals surface area contributed by atoms with E-state index in [4.69, 9.17) is 18.6 Å². The third-order valence-corrected chi connectivity index (χ3v) is 7.42. The quantitative estimate of drug-likeness (QED) is 0.317. The minimum Gasteiger partial charge on any atom is -0.497 e. The van der Waals surface area contributed by atoms with Crippen molar-refractivity contribution in [2.24, 2.45) is 4.99 Å². The Kier molecular flexibility index (Phi) is 7.52. The standard InChI is InChI=1S/C30H26N2O7S/c1-5-38-29(35)25-17(2)31-30-32(26(25)19-10-12-21(36-3)13-11-19)27(33)24(40-30)16-22-14-15-23(39-22)18-6-8-20(9-7-18)28(34)37-4/h6-16,26H,5H2,1-4H3. The van der Waals surface area contributed by atoms with Gasteiger partial charge in [0.05, 0.1) is 48.2 Å². The third-order valence-electron chi connectivity index (χ3n) is 6.44. The second kappa shape index (κ2) is 11.2. The minimum atomic E-state index is -0.719. The van der Waals surface area contributed by atoms with E-state index in [2.05, 4.69) is 4.99 Å². The maximum atomic E-state index is 13.8. The van der Waals surface area contributed by atoms with E-state index in [0.717, 1.165) is 11.1 Å². The zero-order chi connectivity index (χ0) is 28.4. The average molecular weight is 559 g/mol. The van der Waals surface area contributed by atoms with E-state index in [-0.39, 0.29) is 12.2 Å². The fourth-order valence-corrected chi connectivity index (χ4v) is 5.52. The maximum Gasteiger partial charge on any atom is 0.338 e. The Labute approximate surface area is 233 Å². The number of carbonyl (C=O) groups excluding carboxylic acids is 2. The Balaban J connectivity index is 1.57. The number of methoxy groups -OCH3 is 2. The summed E-state index contributed by atoms with van der Waals surface area (Å²) in [4.78, 5) is 43.6. The molecule has 1 aliphatic rings. The second-order valence-corrected chi connectivity index (χ2v) is 9.86. The fraction of sp³-hybridized carbons (Fsp3) is 0.200. The average Bonchev–Trinajstić information content (AvgIpc) is 3.56. The number of furan rings is 1. The lowest BCUT2D eigenvalue weighted by molar-refractivity contribution is -0.139. The number of rotatable bonds is 7. The summed E-state index contributed by atoms with van der Waals surface area (Å²) in [6.07, 6.45) is 1.66. The molecule has 0 saturated carbocycles. The molecule has 1 atom stereocenters. The molecule has 0 saturated heterocycles. The fourth-order valence-electron chi connectivity index (χ4n) is 4.50. The van der Waals surface area contributed by atoms with Crippen LogP contribution in [-0.4, -0.2) is 37.3 Å². The molecule has 0 fully saturated rings. The van der Waals surface area contributed by atoms with E-state index < -0.39 is 18.0 Å². The van der Waals surface area contributed by atoms with Crippen molar-refractivity contribution >= 4 is 29.4 Å². The second-order valence-electron chi connectivity index (χ2n) is 8.85. The van der Waals surface area contributed by atoms with Crippen molar-refractivity contribution in [1.82, 2.24) is 4.57 Å². The molecule has 0 aliphatic carbocycles. The number of allylic oxidation sites excluding steroid dienone is 1. The summed E-state index contributed by atoms with van der Waals surface area (Å²) in [7, 11) is 2.90. The predicted octanol–water partition coefficient (Wildman–Crippen LogP) is 3.85. The third kappa shape index (κ3) is 5.01. The molecule has 2 aromatic heterocycles. The molecule has 5 rings (SSSR count). The van der Waals surface area contributed by atoms with Crippen molar-refractivity contribution < 1.29 is 28.2 Å². The van der Waals surface area contributed by atoms with E-state index in [1.807, 2.05) is 12.1 Å². The van der Waals surface area contributed by atoms with E-state index in [9.17, 15) is 14.4 Å². The normalized spacial score (nSPS) is 14.9. The van der Waals surface area contributed by atoms with Gasteiger partial charge in [0.15, 0.2) is 4.80 Å². The highest BCUT2D eigenvalue weighted by Crippen LogP contribution is 2.31. The summed E-state index contributed by atoms with van der Waals surface area (Å²) in [6, 6.07) is 16.9. The van der Waals surface area contributed by atoms with Crippen molar-refractivity contribution in [2.45, 2.75) is 19.9 Å². The van der Waals surface area contributed by atoms with Gasteiger partial charge in [-0.3, -0.25) is 9.36 Å². The summed E-state index contributed by atoms with van der Waals surface area (Å²) in [5, 5.41) is 0. The number of esters is 2. The first kappa shape index (κ1) is 26.9. The summed E-state index contributed by atoms with van der Waals surface area (Å²) in [5.74, 6) is 0.763. The summed E-state index contributed by atoms with van der Waals surface area (Å²) < 4.78 is 23.3. The van der Waals surface area contributed by atoms with Gasteiger partial charge in [0, 0.05) is 11.6 Å². The molecule has 0 bridgehead atoms. The number of aromatic nitrogens is 1.